The summed E-state index contributed by atoms with van der Waals surface area (Å²) in [7, 11) is 0.0926. The zero-order chi connectivity index (χ0) is 10.4. The van der Waals surface area contributed by atoms with Gasteiger partial charge in [0.15, 0.2) is 0 Å². The van der Waals surface area contributed by atoms with E-state index in [1.165, 1.54) is 0 Å². The second kappa shape index (κ2) is 2.86. The van der Waals surface area contributed by atoms with E-state index in [-0.39, 0.29) is 18.1 Å². The highest BCUT2D eigenvalue weighted by Gasteiger charge is 2.50. The molecule has 1 fully saturated rings. The van der Waals surface area contributed by atoms with Crippen molar-refractivity contribution >= 4 is 7.05 Å². The van der Waals surface area contributed by atoms with Gasteiger partial charge in [-0.15, -0.1) is 0 Å². The Morgan fingerprint density at radius 2 is 2.07 bits per heavy atom. The van der Waals surface area contributed by atoms with E-state index in [4.69, 9.17) is 4.65 Å². The molecule has 0 unspecified atom stereocenters. The molecule has 76 valence electrons. The van der Waals surface area contributed by atoms with Crippen LogP contribution in [-0.2, 0) is 4.65 Å². The SMILES string of the molecule is CC1(C)CB(n2cccn2)OC1(C)C. The Balaban J connectivity index is 2.22. The Hall–Kier alpha value is -0.765. The minimum Gasteiger partial charge on any atom is -0.410 e. The van der Waals surface area contributed by atoms with Crippen molar-refractivity contribution in [2.75, 3.05) is 0 Å². The molecule has 1 aliphatic heterocycles. The highest BCUT2D eigenvalue weighted by Crippen LogP contribution is 2.45. The second-order valence-electron chi connectivity index (χ2n) is 5.16. The van der Waals surface area contributed by atoms with Crippen molar-refractivity contribution in [1.82, 2.24) is 9.69 Å². The number of nitrogens with zero attached hydrogens (tertiary/aromatic N) is 2. The molecule has 0 atom stereocenters. The molecule has 0 aliphatic carbocycles. The first-order valence-corrected chi connectivity index (χ1v) is 5.09. The average Bonchev–Trinajstić information content (AvgIpc) is 2.58. The Kier molecular flexibility index (Phi) is 2.00. The van der Waals surface area contributed by atoms with E-state index in [1.807, 2.05) is 16.9 Å². The second-order valence-corrected chi connectivity index (χ2v) is 5.16. The van der Waals surface area contributed by atoms with Crippen molar-refractivity contribution in [3.8, 4) is 0 Å². The molecule has 0 N–H and O–H groups in total. The largest absolute Gasteiger partial charge is 0.437 e. The molecule has 0 radical (unpaired) electrons. The van der Waals surface area contributed by atoms with Crippen molar-refractivity contribution in [2.24, 2.45) is 5.41 Å². The van der Waals surface area contributed by atoms with E-state index in [2.05, 4.69) is 32.8 Å². The lowest BCUT2D eigenvalue weighted by molar-refractivity contribution is 0.0348. The van der Waals surface area contributed by atoms with Crippen LogP contribution in [0.2, 0.25) is 6.32 Å². The minimum absolute atomic E-state index is 0.0797. The monoisotopic (exact) mass is 192 g/mol. The maximum atomic E-state index is 6.01. The predicted molar refractivity (Wildman–Crippen MR) is 57.1 cm³/mol. The van der Waals surface area contributed by atoms with Gasteiger partial charge in [0, 0.05) is 12.4 Å². The molecule has 3 nitrogen and oxygen atoms in total. The van der Waals surface area contributed by atoms with E-state index in [9.17, 15) is 0 Å². The summed E-state index contributed by atoms with van der Waals surface area (Å²) >= 11 is 0. The summed E-state index contributed by atoms with van der Waals surface area (Å²) < 4.78 is 7.91. The quantitative estimate of drug-likeness (QED) is 0.636. The molecule has 1 aromatic heterocycles. The lowest BCUT2D eigenvalue weighted by Crippen LogP contribution is -2.35. The maximum absolute atomic E-state index is 6.01. The molecule has 1 saturated heterocycles. The van der Waals surface area contributed by atoms with Gasteiger partial charge in [0.25, 0.3) is 0 Å². The standard InChI is InChI=1S/C10H17BN2O/c1-9(2)8-11(14-10(9,3)4)13-7-5-6-12-13/h5-7H,8H2,1-4H3. The van der Waals surface area contributed by atoms with Crippen LogP contribution in [0.5, 0.6) is 0 Å². The topological polar surface area (TPSA) is 27.1 Å². The first kappa shape index (κ1) is 9.78. The number of rotatable bonds is 1. The van der Waals surface area contributed by atoms with Crippen LogP contribution in [0.1, 0.15) is 27.7 Å². The van der Waals surface area contributed by atoms with Crippen LogP contribution in [0.3, 0.4) is 0 Å². The molecular formula is C10H17BN2O. The molecule has 0 aromatic carbocycles. The normalized spacial score (nSPS) is 24.1. The highest BCUT2D eigenvalue weighted by molar-refractivity contribution is 6.50. The molecule has 2 rings (SSSR count). The van der Waals surface area contributed by atoms with Gasteiger partial charge in [0.2, 0.25) is 0 Å². The van der Waals surface area contributed by atoms with Crippen molar-refractivity contribution < 1.29 is 4.65 Å². The van der Waals surface area contributed by atoms with E-state index < -0.39 is 0 Å². The van der Waals surface area contributed by atoms with Crippen molar-refractivity contribution in [1.29, 1.82) is 0 Å². The first-order chi connectivity index (χ1) is 6.42. The van der Waals surface area contributed by atoms with Crippen LogP contribution < -0.4 is 0 Å². The summed E-state index contributed by atoms with van der Waals surface area (Å²) in [4.78, 5) is 0. The zero-order valence-corrected chi connectivity index (χ0v) is 9.32. The molecule has 1 aromatic rings. The van der Waals surface area contributed by atoms with Crippen molar-refractivity contribution in [3.63, 3.8) is 0 Å². The lowest BCUT2D eigenvalue weighted by Gasteiger charge is -2.33. The van der Waals surface area contributed by atoms with Crippen LogP contribution in [0.4, 0.5) is 0 Å². The summed E-state index contributed by atoms with van der Waals surface area (Å²) in [6.07, 6.45) is 4.77. The molecule has 14 heavy (non-hydrogen) atoms. The van der Waals surface area contributed by atoms with Gasteiger partial charge >= 0.3 is 7.05 Å². The third-order valence-electron chi connectivity index (χ3n) is 3.57. The zero-order valence-electron chi connectivity index (χ0n) is 9.32. The molecule has 2 heterocycles. The Bertz CT molecular complexity index is 303. The van der Waals surface area contributed by atoms with Gasteiger partial charge < -0.3 is 4.65 Å². The number of hydrogen-bond donors (Lipinski definition) is 0. The van der Waals surface area contributed by atoms with E-state index in [1.54, 1.807) is 6.20 Å². The fourth-order valence-electron chi connectivity index (χ4n) is 1.82. The van der Waals surface area contributed by atoms with Crippen LogP contribution in [0, 0.1) is 5.41 Å². The number of aromatic nitrogens is 2. The Labute approximate surface area is 85.6 Å². The maximum Gasteiger partial charge on any atom is 0.437 e. The fraction of sp³-hybridized carbons (Fsp3) is 0.700. The highest BCUT2D eigenvalue weighted by atomic mass is 16.5. The number of hydrogen-bond acceptors (Lipinski definition) is 2. The van der Waals surface area contributed by atoms with Gasteiger partial charge in [0.1, 0.15) is 0 Å². The third-order valence-corrected chi connectivity index (χ3v) is 3.57. The van der Waals surface area contributed by atoms with E-state index in [0.29, 0.717) is 0 Å². The molecule has 0 saturated carbocycles. The Morgan fingerprint density at radius 3 is 2.50 bits per heavy atom. The summed E-state index contributed by atoms with van der Waals surface area (Å²) in [5.41, 5.74) is 0.118. The fourth-order valence-corrected chi connectivity index (χ4v) is 1.82. The predicted octanol–water partition coefficient (Wildman–Crippen LogP) is 2.05. The lowest BCUT2D eigenvalue weighted by atomic mass is 9.66. The van der Waals surface area contributed by atoms with Crippen molar-refractivity contribution in [3.05, 3.63) is 18.5 Å². The Morgan fingerprint density at radius 1 is 1.36 bits per heavy atom. The molecule has 4 heteroatoms. The van der Waals surface area contributed by atoms with Crippen LogP contribution >= 0.6 is 0 Å². The summed E-state index contributed by atoms with van der Waals surface area (Å²) in [6.45, 7) is 8.79. The van der Waals surface area contributed by atoms with Gasteiger partial charge in [-0.1, -0.05) is 13.8 Å². The summed E-state index contributed by atoms with van der Waals surface area (Å²) in [6, 6.07) is 1.93. The van der Waals surface area contributed by atoms with Crippen LogP contribution in [-0.4, -0.2) is 22.3 Å². The van der Waals surface area contributed by atoms with Crippen molar-refractivity contribution in [2.45, 2.75) is 39.6 Å². The molecule has 0 spiro atoms. The minimum atomic E-state index is -0.0797. The first-order valence-electron chi connectivity index (χ1n) is 5.09. The van der Waals surface area contributed by atoms with Gasteiger partial charge in [-0.3, -0.25) is 4.59 Å². The summed E-state index contributed by atoms with van der Waals surface area (Å²) in [5, 5.41) is 4.22. The van der Waals surface area contributed by atoms with Gasteiger partial charge in [-0.2, -0.15) is 5.10 Å². The molecular weight excluding hydrogens is 175 g/mol. The summed E-state index contributed by atoms with van der Waals surface area (Å²) in [5.74, 6) is 0. The van der Waals surface area contributed by atoms with Gasteiger partial charge in [0.05, 0.1) is 5.60 Å². The molecule has 1 aliphatic rings. The van der Waals surface area contributed by atoms with Crippen LogP contribution in [0.15, 0.2) is 18.5 Å². The van der Waals surface area contributed by atoms with Gasteiger partial charge in [-0.25, -0.2) is 0 Å². The van der Waals surface area contributed by atoms with E-state index >= 15 is 0 Å². The van der Waals surface area contributed by atoms with Gasteiger partial charge in [-0.05, 0) is 31.6 Å². The molecule has 0 amide bonds. The van der Waals surface area contributed by atoms with E-state index in [0.717, 1.165) is 6.32 Å². The van der Waals surface area contributed by atoms with Crippen LogP contribution in [0.25, 0.3) is 0 Å². The smallest absolute Gasteiger partial charge is 0.410 e. The third kappa shape index (κ3) is 1.38. The average molecular weight is 192 g/mol. The molecule has 0 bridgehead atoms.